The van der Waals surface area contributed by atoms with Crippen LogP contribution in [0.15, 0.2) is 6.07 Å². The van der Waals surface area contributed by atoms with E-state index in [2.05, 4.69) is 38.9 Å². The van der Waals surface area contributed by atoms with Crippen molar-refractivity contribution in [1.82, 2.24) is 9.69 Å². The molecule has 0 saturated carbocycles. The molecule has 0 aliphatic heterocycles. The molecule has 0 unspecified atom stereocenters. The highest BCUT2D eigenvalue weighted by molar-refractivity contribution is 6.06. The summed E-state index contributed by atoms with van der Waals surface area (Å²) in [6.45, 7) is 8.74. The van der Waals surface area contributed by atoms with Crippen LogP contribution in [0.3, 0.4) is 0 Å². The molecule has 0 spiro atoms. The second-order valence-corrected chi connectivity index (χ2v) is 3.93. The van der Waals surface area contributed by atoms with Crippen LogP contribution in [0.5, 0.6) is 0 Å². The van der Waals surface area contributed by atoms with E-state index in [0.29, 0.717) is 11.8 Å². The first-order valence-corrected chi connectivity index (χ1v) is 4.56. The van der Waals surface area contributed by atoms with E-state index in [9.17, 15) is 0 Å². The molecular weight excluding hydrogens is 147 g/mol. The third-order valence-corrected chi connectivity index (χ3v) is 2.12. The van der Waals surface area contributed by atoms with Gasteiger partial charge in [-0.1, -0.05) is 27.7 Å². The molecule has 66 valence electrons. The van der Waals surface area contributed by atoms with E-state index in [1.54, 1.807) is 0 Å². The first kappa shape index (κ1) is 9.36. The molecule has 0 aromatic carbocycles. The summed E-state index contributed by atoms with van der Waals surface area (Å²) in [6, 6.07) is 2.20. The predicted molar refractivity (Wildman–Crippen MR) is 54.3 cm³/mol. The normalized spacial score (nSPS) is 11.5. The molecule has 0 saturated heterocycles. The molecule has 1 aromatic heterocycles. The lowest BCUT2D eigenvalue weighted by Gasteiger charge is -2.03. The van der Waals surface area contributed by atoms with Gasteiger partial charge in [-0.15, -0.1) is 0 Å². The molecule has 0 atom stereocenters. The third kappa shape index (κ3) is 1.71. The van der Waals surface area contributed by atoms with Crippen molar-refractivity contribution in [3.8, 4) is 0 Å². The summed E-state index contributed by atoms with van der Waals surface area (Å²) in [5.74, 6) is 1.10. The minimum absolute atomic E-state index is 0.531. The molecule has 1 heterocycles. The van der Waals surface area contributed by atoms with Crippen molar-refractivity contribution >= 4 is 7.98 Å². The van der Waals surface area contributed by atoms with E-state index in [-0.39, 0.29) is 0 Å². The zero-order chi connectivity index (χ0) is 9.30. The van der Waals surface area contributed by atoms with Crippen molar-refractivity contribution in [3.63, 3.8) is 0 Å². The van der Waals surface area contributed by atoms with E-state index in [0.717, 1.165) is 0 Å². The Balaban J connectivity index is 3.00. The minimum atomic E-state index is 0.531. The molecule has 0 radical (unpaired) electrons. The Morgan fingerprint density at radius 2 is 1.83 bits per heavy atom. The summed E-state index contributed by atoms with van der Waals surface area (Å²) >= 11 is 0. The van der Waals surface area contributed by atoms with Crippen LogP contribution in [0.25, 0.3) is 0 Å². The molecule has 1 aromatic rings. The van der Waals surface area contributed by atoms with Gasteiger partial charge in [-0.3, -0.25) is 0 Å². The van der Waals surface area contributed by atoms with Gasteiger partial charge in [0.1, 0.15) is 0 Å². The lowest BCUT2D eigenvalue weighted by atomic mass is 10.1. The highest BCUT2D eigenvalue weighted by Gasteiger charge is 2.09. The van der Waals surface area contributed by atoms with Gasteiger partial charge in [0.05, 0.1) is 5.69 Å². The van der Waals surface area contributed by atoms with Crippen molar-refractivity contribution < 1.29 is 0 Å². The van der Waals surface area contributed by atoms with E-state index >= 15 is 0 Å². The van der Waals surface area contributed by atoms with Crippen LogP contribution in [0.2, 0.25) is 0 Å². The predicted octanol–water partition coefficient (Wildman–Crippen LogP) is 1.53. The average Bonchev–Trinajstić information content (AvgIpc) is 2.30. The van der Waals surface area contributed by atoms with Gasteiger partial charge in [0.15, 0.2) is 0 Å². The maximum absolute atomic E-state index is 4.45. The fourth-order valence-corrected chi connectivity index (χ4v) is 1.33. The molecule has 0 bridgehead atoms. The Kier molecular flexibility index (Phi) is 2.60. The second kappa shape index (κ2) is 3.34. The van der Waals surface area contributed by atoms with E-state index in [1.807, 2.05) is 12.6 Å². The molecule has 0 amide bonds. The molecule has 0 aliphatic rings. The molecule has 12 heavy (non-hydrogen) atoms. The first-order chi connectivity index (χ1) is 5.52. The molecule has 0 aliphatic carbocycles. The van der Waals surface area contributed by atoms with Crippen LogP contribution in [0, 0.1) is 0 Å². The van der Waals surface area contributed by atoms with Crippen LogP contribution >= 0.6 is 0 Å². The molecule has 3 heteroatoms. The lowest BCUT2D eigenvalue weighted by molar-refractivity contribution is 0.758. The molecule has 0 N–H and O–H groups in total. The Bertz CT molecular complexity index is 263. The lowest BCUT2D eigenvalue weighted by Crippen LogP contribution is -2.02. The summed E-state index contributed by atoms with van der Waals surface area (Å²) < 4.78 is 1.99. The van der Waals surface area contributed by atoms with E-state index in [4.69, 9.17) is 0 Å². The largest absolute Gasteiger partial charge is 0.323 e. The molecule has 2 nitrogen and oxygen atoms in total. The van der Waals surface area contributed by atoms with Crippen molar-refractivity contribution in [1.29, 1.82) is 0 Å². The zero-order valence-electron chi connectivity index (χ0n) is 8.63. The highest BCUT2D eigenvalue weighted by atomic mass is 15.2. The van der Waals surface area contributed by atoms with E-state index in [1.165, 1.54) is 11.4 Å². The van der Waals surface area contributed by atoms with Gasteiger partial charge in [-0.25, -0.2) is 0 Å². The third-order valence-electron chi connectivity index (χ3n) is 2.12. The Labute approximate surface area is 75.4 Å². The SMILES string of the molecule is Bn1nc(C(C)C)cc1C(C)C. The number of hydrogen-bond donors (Lipinski definition) is 0. The number of nitrogens with zero attached hydrogens (tertiary/aromatic N) is 2. The number of hydrogen-bond acceptors (Lipinski definition) is 1. The summed E-state index contributed by atoms with van der Waals surface area (Å²) in [5, 5.41) is 4.45. The standard InChI is InChI=1S/C9H17BN2/c1-6(2)8-5-9(7(3)4)12(10)11-8/h5-7H,10H2,1-4H3. The van der Waals surface area contributed by atoms with Gasteiger partial charge in [-0.05, 0) is 17.9 Å². The van der Waals surface area contributed by atoms with Crippen molar-refractivity contribution in [3.05, 3.63) is 17.5 Å². The van der Waals surface area contributed by atoms with Crippen LogP contribution in [-0.4, -0.2) is 17.7 Å². The topological polar surface area (TPSA) is 17.8 Å². The van der Waals surface area contributed by atoms with Gasteiger partial charge in [-0.2, -0.15) is 5.10 Å². The quantitative estimate of drug-likeness (QED) is 0.606. The summed E-state index contributed by atoms with van der Waals surface area (Å²) in [6.07, 6.45) is 0. The Morgan fingerprint density at radius 3 is 2.08 bits per heavy atom. The molecular formula is C9H17BN2. The average molecular weight is 164 g/mol. The fourth-order valence-electron chi connectivity index (χ4n) is 1.33. The van der Waals surface area contributed by atoms with Crippen LogP contribution in [0.4, 0.5) is 0 Å². The van der Waals surface area contributed by atoms with Gasteiger partial charge in [0.2, 0.25) is 7.98 Å². The van der Waals surface area contributed by atoms with Gasteiger partial charge in [0.25, 0.3) is 0 Å². The Morgan fingerprint density at radius 1 is 1.25 bits per heavy atom. The highest BCUT2D eigenvalue weighted by Crippen LogP contribution is 2.19. The van der Waals surface area contributed by atoms with E-state index < -0.39 is 0 Å². The van der Waals surface area contributed by atoms with Crippen molar-refractivity contribution in [2.24, 2.45) is 0 Å². The summed E-state index contributed by atoms with van der Waals surface area (Å²) in [4.78, 5) is 0. The maximum Gasteiger partial charge on any atom is 0.249 e. The minimum Gasteiger partial charge on any atom is -0.323 e. The second-order valence-electron chi connectivity index (χ2n) is 3.93. The van der Waals surface area contributed by atoms with Crippen LogP contribution in [-0.2, 0) is 0 Å². The first-order valence-electron chi connectivity index (χ1n) is 4.56. The summed E-state index contributed by atoms with van der Waals surface area (Å²) in [5.41, 5.74) is 2.51. The summed E-state index contributed by atoms with van der Waals surface area (Å²) in [7, 11) is 2.02. The molecule has 0 fully saturated rings. The van der Waals surface area contributed by atoms with Gasteiger partial charge >= 0.3 is 0 Å². The van der Waals surface area contributed by atoms with Crippen molar-refractivity contribution in [2.75, 3.05) is 0 Å². The monoisotopic (exact) mass is 164 g/mol. The smallest absolute Gasteiger partial charge is 0.249 e. The molecule has 1 rings (SSSR count). The van der Waals surface area contributed by atoms with Crippen molar-refractivity contribution in [2.45, 2.75) is 39.5 Å². The van der Waals surface area contributed by atoms with Crippen LogP contribution in [0.1, 0.15) is 50.9 Å². The number of aromatic nitrogens is 2. The maximum atomic E-state index is 4.45. The Hall–Kier alpha value is -0.725. The number of rotatable bonds is 2. The van der Waals surface area contributed by atoms with Crippen LogP contribution < -0.4 is 0 Å². The zero-order valence-corrected chi connectivity index (χ0v) is 8.63. The van der Waals surface area contributed by atoms with Gasteiger partial charge in [0, 0.05) is 5.69 Å². The van der Waals surface area contributed by atoms with Gasteiger partial charge < -0.3 is 4.59 Å². The fraction of sp³-hybridized carbons (Fsp3) is 0.667.